The molecule has 0 radical (unpaired) electrons. The van der Waals surface area contributed by atoms with Gasteiger partial charge in [-0.25, -0.2) is 9.18 Å². The van der Waals surface area contributed by atoms with Crippen LogP contribution in [0.4, 0.5) is 9.18 Å². The summed E-state index contributed by atoms with van der Waals surface area (Å²) in [5.41, 5.74) is 0. The number of carbonyl (C=O) groups excluding carboxylic acids is 1. The molecule has 1 aromatic heterocycles. The zero-order valence-corrected chi connectivity index (χ0v) is 13.8. The molecule has 8 nitrogen and oxygen atoms in total. The monoisotopic (exact) mass is 341 g/mol. The van der Waals surface area contributed by atoms with Crippen molar-refractivity contribution in [3.05, 3.63) is 11.7 Å². The second-order valence-electron chi connectivity index (χ2n) is 6.37. The van der Waals surface area contributed by atoms with Gasteiger partial charge in [-0.3, -0.25) is 4.90 Å². The number of nitrogens with zero attached hydrogens (tertiary/aromatic N) is 3. The molecule has 0 spiro atoms. The Hall–Kier alpha value is -1.74. The van der Waals surface area contributed by atoms with Gasteiger partial charge in [0.2, 0.25) is 5.89 Å². The molecule has 134 valence electrons. The van der Waals surface area contributed by atoms with Gasteiger partial charge in [0, 0.05) is 39.2 Å². The highest BCUT2D eigenvalue weighted by Gasteiger charge is 2.33. The molecule has 2 saturated heterocycles. The minimum atomic E-state index is -0.903. The first-order valence-electron chi connectivity index (χ1n) is 8.41. The average molecular weight is 341 g/mol. The van der Waals surface area contributed by atoms with Crippen molar-refractivity contribution in [3.8, 4) is 0 Å². The minimum absolute atomic E-state index is 0.0766. The van der Waals surface area contributed by atoms with Crippen molar-refractivity contribution >= 4 is 6.03 Å². The quantitative estimate of drug-likeness (QED) is 0.794. The third-order valence-electron chi connectivity index (χ3n) is 4.40. The van der Waals surface area contributed by atoms with E-state index in [2.05, 4.69) is 20.8 Å². The van der Waals surface area contributed by atoms with E-state index in [1.54, 1.807) is 6.92 Å². The molecule has 0 unspecified atom stereocenters. The van der Waals surface area contributed by atoms with Gasteiger partial charge in [0.15, 0.2) is 5.82 Å². The highest BCUT2D eigenvalue weighted by Crippen LogP contribution is 2.21. The number of rotatable bonds is 6. The molecule has 0 aromatic carbocycles. The van der Waals surface area contributed by atoms with Crippen molar-refractivity contribution in [2.45, 2.75) is 51.0 Å². The fraction of sp³-hybridized carbons (Fsp3) is 0.800. The molecule has 2 aliphatic heterocycles. The number of hydrogen-bond donors (Lipinski definition) is 2. The molecular formula is C15H24FN5O3. The standard InChI is InChI=1S/C15H24FN5O3/c1-10-19-14(20-24-10)9-21-8-11(16)5-12(21)6-17-15(22)18-7-13-3-2-4-23-13/h11-13H,2-9H2,1H3,(H2,17,18,22)/t11-,12-,13-/m0/s1. The Labute approximate surface area is 140 Å². The number of urea groups is 1. The Bertz CT molecular complexity index is 549. The lowest BCUT2D eigenvalue weighted by Gasteiger charge is -2.23. The van der Waals surface area contributed by atoms with E-state index < -0.39 is 6.17 Å². The van der Waals surface area contributed by atoms with Gasteiger partial charge >= 0.3 is 6.03 Å². The summed E-state index contributed by atoms with van der Waals surface area (Å²) in [5, 5.41) is 9.46. The molecule has 3 atom stereocenters. The number of amides is 2. The zero-order chi connectivity index (χ0) is 16.9. The fourth-order valence-electron chi connectivity index (χ4n) is 3.20. The maximum atomic E-state index is 13.8. The van der Waals surface area contributed by atoms with Gasteiger partial charge in [0.25, 0.3) is 0 Å². The molecule has 1 aromatic rings. The summed E-state index contributed by atoms with van der Waals surface area (Å²) >= 11 is 0. The zero-order valence-electron chi connectivity index (χ0n) is 13.8. The van der Waals surface area contributed by atoms with Crippen LogP contribution < -0.4 is 10.6 Å². The molecule has 0 bridgehead atoms. The smallest absolute Gasteiger partial charge is 0.314 e. The molecule has 2 amide bonds. The van der Waals surface area contributed by atoms with Crippen molar-refractivity contribution < 1.29 is 18.4 Å². The van der Waals surface area contributed by atoms with Gasteiger partial charge in [-0.1, -0.05) is 5.16 Å². The molecular weight excluding hydrogens is 317 g/mol. The van der Waals surface area contributed by atoms with Crippen LogP contribution in [-0.2, 0) is 11.3 Å². The molecule has 0 aliphatic carbocycles. The van der Waals surface area contributed by atoms with E-state index in [4.69, 9.17) is 9.26 Å². The van der Waals surface area contributed by atoms with Gasteiger partial charge in [0.05, 0.1) is 12.6 Å². The molecule has 24 heavy (non-hydrogen) atoms. The summed E-state index contributed by atoms with van der Waals surface area (Å²) in [6, 6.07) is -0.324. The van der Waals surface area contributed by atoms with E-state index in [1.165, 1.54) is 0 Å². The summed E-state index contributed by atoms with van der Waals surface area (Å²) in [5.74, 6) is 1.03. The summed E-state index contributed by atoms with van der Waals surface area (Å²) in [6.45, 7) is 4.11. The third-order valence-corrected chi connectivity index (χ3v) is 4.40. The Morgan fingerprint density at radius 1 is 1.42 bits per heavy atom. The maximum absolute atomic E-state index is 13.8. The SMILES string of the molecule is Cc1nc(CN2C[C@@H](F)C[C@H]2CNC(=O)NC[C@@H]2CCCO2)no1. The number of nitrogens with one attached hydrogen (secondary N) is 2. The highest BCUT2D eigenvalue weighted by atomic mass is 19.1. The van der Waals surface area contributed by atoms with E-state index in [0.29, 0.717) is 44.3 Å². The van der Waals surface area contributed by atoms with Crippen LogP contribution in [0.5, 0.6) is 0 Å². The van der Waals surface area contributed by atoms with E-state index in [1.807, 2.05) is 4.90 Å². The van der Waals surface area contributed by atoms with E-state index in [9.17, 15) is 9.18 Å². The van der Waals surface area contributed by atoms with Crippen LogP contribution in [0.25, 0.3) is 0 Å². The molecule has 2 fully saturated rings. The molecule has 2 N–H and O–H groups in total. The Balaban J connectivity index is 1.42. The van der Waals surface area contributed by atoms with Crippen LogP contribution in [0.2, 0.25) is 0 Å². The van der Waals surface area contributed by atoms with Crippen LogP contribution in [-0.4, -0.2) is 65.6 Å². The van der Waals surface area contributed by atoms with Gasteiger partial charge in [-0.15, -0.1) is 0 Å². The van der Waals surface area contributed by atoms with E-state index in [-0.39, 0.29) is 18.2 Å². The third kappa shape index (κ3) is 4.64. The van der Waals surface area contributed by atoms with Gasteiger partial charge in [-0.05, 0) is 19.3 Å². The molecule has 3 heterocycles. The van der Waals surface area contributed by atoms with Crippen LogP contribution in [0.1, 0.15) is 31.0 Å². The number of likely N-dealkylation sites (tertiary alicyclic amines) is 1. The molecule has 0 saturated carbocycles. The lowest BCUT2D eigenvalue weighted by atomic mass is 10.2. The van der Waals surface area contributed by atoms with Crippen molar-refractivity contribution in [1.82, 2.24) is 25.7 Å². The molecule has 3 rings (SSSR count). The summed E-state index contributed by atoms with van der Waals surface area (Å²) in [4.78, 5) is 18.0. The summed E-state index contributed by atoms with van der Waals surface area (Å²) in [7, 11) is 0. The normalized spacial score (nSPS) is 27.5. The number of ether oxygens (including phenoxy) is 1. The lowest BCUT2D eigenvalue weighted by molar-refractivity contribution is 0.111. The predicted molar refractivity (Wildman–Crippen MR) is 83.1 cm³/mol. The fourth-order valence-corrected chi connectivity index (χ4v) is 3.20. The Morgan fingerprint density at radius 2 is 2.25 bits per heavy atom. The van der Waals surface area contributed by atoms with Crippen molar-refractivity contribution in [3.63, 3.8) is 0 Å². The minimum Gasteiger partial charge on any atom is -0.376 e. The highest BCUT2D eigenvalue weighted by molar-refractivity contribution is 5.73. The van der Waals surface area contributed by atoms with E-state index >= 15 is 0 Å². The van der Waals surface area contributed by atoms with Crippen molar-refractivity contribution in [2.75, 3.05) is 26.2 Å². The number of carbonyl (C=O) groups is 1. The number of aromatic nitrogens is 2. The molecule has 2 aliphatic rings. The van der Waals surface area contributed by atoms with Crippen molar-refractivity contribution in [2.24, 2.45) is 0 Å². The van der Waals surface area contributed by atoms with Crippen LogP contribution in [0, 0.1) is 6.92 Å². The first kappa shape index (κ1) is 17.1. The average Bonchev–Trinajstić information content (AvgIpc) is 3.26. The van der Waals surface area contributed by atoms with Gasteiger partial charge in [0.1, 0.15) is 6.17 Å². The Morgan fingerprint density at radius 3 is 2.96 bits per heavy atom. The molecule has 9 heteroatoms. The summed E-state index contributed by atoms with van der Waals surface area (Å²) < 4.78 is 24.2. The second-order valence-corrected chi connectivity index (χ2v) is 6.37. The largest absolute Gasteiger partial charge is 0.376 e. The maximum Gasteiger partial charge on any atom is 0.314 e. The van der Waals surface area contributed by atoms with Crippen molar-refractivity contribution in [1.29, 1.82) is 0 Å². The second kappa shape index (κ2) is 7.89. The van der Waals surface area contributed by atoms with Crippen LogP contribution in [0.15, 0.2) is 4.52 Å². The first-order chi connectivity index (χ1) is 11.6. The van der Waals surface area contributed by atoms with Crippen LogP contribution >= 0.6 is 0 Å². The van der Waals surface area contributed by atoms with Gasteiger partial charge < -0.3 is 19.9 Å². The summed E-state index contributed by atoms with van der Waals surface area (Å²) in [6.07, 6.45) is 1.61. The van der Waals surface area contributed by atoms with E-state index in [0.717, 1.165) is 19.4 Å². The predicted octanol–water partition coefficient (Wildman–Crippen LogP) is 0.769. The Kier molecular flexibility index (Phi) is 5.62. The topological polar surface area (TPSA) is 92.5 Å². The lowest BCUT2D eigenvalue weighted by Crippen LogP contribution is -2.45. The number of alkyl halides is 1. The number of aryl methyl sites for hydroxylation is 1. The number of hydrogen-bond acceptors (Lipinski definition) is 6. The first-order valence-corrected chi connectivity index (χ1v) is 8.41. The number of halogens is 1. The van der Waals surface area contributed by atoms with Crippen LogP contribution in [0.3, 0.4) is 0 Å². The van der Waals surface area contributed by atoms with Gasteiger partial charge in [-0.2, -0.15) is 4.98 Å².